The van der Waals surface area contributed by atoms with E-state index in [9.17, 15) is 9.59 Å². The summed E-state index contributed by atoms with van der Waals surface area (Å²) in [6, 6.07) is 3.32. The molecule has 1 saturated heterocycles. The molecule has 0 aromatic heterocycles. The highest BCUT2D eigenvalue weighted by molar-refractivity contribution is 6.37. The Morgan fingerprint density at radius 1 is 1.19 bits per heavy atom. The van der Waals surface area contributed by atoms with Crippen LogP contribution in [0, 0.1) is 0 Å². The molecule has 1 aliphatic rings. The lowest BCUT2D eigenvalue weighted by molar-refractivity contribution is -0.123. The maximum Gasteiger partial charge on any atom is 0.254 e. The van der Waals surface area contributed by atoms with E-state index in [1.54, 1.807) is 17.0 Å². The lowest BCUT2D eigenvalue weighted by Gasteiger charge is -2.34. The van der Waals surface area contributed by atoms with Crippen LogP contribution in [0.15, 0.2) is 12.1 Å². The van der Waals surface area contributed by atoms with E-state index in [4.69, 9.17) is 27.9 Å². The molecule has 8 heteroatoms. The van der Waals surface area contributed by atoms with Crippen molar-refractivity contribution >= 4 is 35.0 Å². The van der Waals surface area contributed by atoms with Gasteiger partial charge >= 0.3 is 0 Å². The molecule has 0 bridgehead atoms. The first kappa shape index (κ1) is 20.8. The number of methoxy groups -OCH3 is 1. The fourth-order valence-corrected chi connectivity index (χ4v) is 3.44. The van der Waals surface area contributed by atoms with Gasteiger partial charge in [0.2, 0.25) is 5.91 Å². The monoisotopic (exact) mass is 401 g/mol. The van der Waals surface area contributed by atoms with Crippen LogP contribution in [0.2, 0.25) is 10.0 Å². The van der Waals surface area contributed by atoms with Gasteiger partial charge in [-0.25, -0.2) is 0 Å². The Balaban J connectivity index is 1.91. The first-order valence-corrected chi connectivity index (χ1v) is 9.45. The van der Waals surface area contributed by atoms with E-state index >= 15 is 0 Å². The summed E-state index contributed by atoms with van der Waals surface area (Å²) in [4.78, 5) is 28.5. The van der Waals surface area contributed by atoms with Crippen molar-refractivity contribution in [2.24, 2.45) is 0 Å². The molecule has 6 nitrogen and oxygen atoms in total. The van der Waals surface area contributed by atoms with Gasteiger partial charge in [-0.2, -0.15) is 0 Å². The molecule has 1 aromatic rings. The quantitative estimate of drug-likeness (QED) is 0.795. The van der Waals surface area contributed by atoms with Crippen molar-refractivity contribution in [2.45, 2.75) is 26.3 Å². The summed E-state index contributed by atoms with van der Waals surface area (Å²) in [6.45, 7) is 6.78. The molecular weight excluding hydrogens is 377 g/mol. The van der Waals surface area contributed by atoms with Crippen molar-refractivity contribution in [3.63, 3.8) is 0 Å². The maximum absolute atomic E-state index is 12.7. The molecule has 26 heavy (non-hydrogen) atoms. The van der Waals surface area contributed by atoms with E-state index in [-0.39, 0.29) is 17.9 Å². The highest BCUT2D eigenvalue weighted by Crippen LogP contribution is 2.34. The SMILES string of the molecule is CCC(C)NC(=O)CN1CCN(C(=O)c2cc(Cl)c(OC)c(Cl)c2)CC1. The minimum absolute atomic E-state index is 0.0212. The zero-order valence-corrected chi connectivity index (χ0v) is 16.9. The molecule has 0 aliphatic carbocycles. The Labute approximate surface area is 164 Å². The molecule has 2 rings (SSSR count). The molecule has 0 radical (unpaired) electrons. The van der Waals surface area contributed by atoms with Gasteiger partial charge in [0.05, 0.1) is 23.7 Å². The van der Waals surface area contributed by atoms with E-state index in [0.29, 0.717) is 54.1 Å². The maximum atomic E-state index is 12.7. The number of nitrogens with zero attached hydrogens (tertiary/aromatic N) is 2. The van der Waals surface area contributed by atoms with Crippen molar-refractivity contribution < 1.29 is 14.3 Å². The topological polar surface area (TPSA) is 61.9 Å². The average molecular weight is 402 g/mol. The molecule has 1 aliphatic heterocycles. The number of hydrogen-bond donors (Lipinski definition) is 1. The van der Waals surface area contributed by atoms with Gasteiger partial charge in [0.25, 0.3) is 5.91 Å². The van der Waals surface area contributed by atoms with Crippen molar-refractivity contribution in [1.82, 2.24) is 15.1 Å². The number of hydrogen-bond acceptors (Lipinski definition) is 4. The van der Waals surface area contributed by atoms with Crippen LogP contribution in [-0.4, -0.2) is 67.5 Å². The summed E-state index contributed by atoms with van der Waals surface area (Å²) in [7, 11) is 1.48. The highest BCUT2D eigenvalue weighted by atomic mass is 35.5. The Kier molecular flexibility index (Phi) is 7.55. The number of amides is 2. The third-order valence-corrected chi connectivity index (χ3v) is 5.06. The second-order valence-corrected chi connectivity index (χ2v) is 7.23. The zero-order valence-electron chi connectivity index (χ0n) is 15.3. The molecule has 1 unspecified atom stereocenters. The highest BCUT2D eigenvalue weighted by Gasteiger charge is 2.24. The smallest absolute Gasteiger partial charge is 0.254 e. The van der Waals surface area contributed by atoms with Crippen LogP contribution in [0.3, 0.4) is 0 Å². The lowest BCUT2D eigenvalue weighted by Crippen LogP contribution is -2.51. The molecule has 1 heterocycles. The van der Waals surface area contributed by atoms with E-state index in [2.05, 4.69) is 10.2 Å². The lowest BCUT2D eigenvalue weighted by atomic mass is 10.1. The number of carbonyl (C=O) groups is 2. The molecular formula is C18H25Cl2N3O3. The number of piperazine rings is 1. The van der Waals surface area contributed by atoms with Crippen molar-refractivity contribution in [3.05, 3.63) is 27.7 Å². The molecule has 1 aromatic carbocycles. The molecule has 2 amide bonds. The standard InChI is InChI=1S/C18H25Cl2N3O3/c1-4-12(2)21-16(24)11-22-5-7-23(8-6-22)18(25)13-9-14(19)17(26-3)15(20)10-13/h9-10,12H,4-8,11H2,1-3H3,(H,21,24). The van der Waals surface area contributed by atoms with Gasteiger partial charge in [0, 0.05) is 37.8 Å². The van der Waals surface area contributed by atoms with Crippen LogP contribution in [0.4, 0.5) is 0 Å². The van der Waals surface area contributed by atoms with E-state index in [0.717, 1.165) is 6.42 Å². The van der Waals surface area contributed by atoms with Crippen molar-refractivity contribution in [1.29, 1.82) is 0 Å². The molecule has 0 saturated carbocycles. The predicted octanol–water partition coefficient (Wildman–Crippen LogP) is 2.67. The van der Waals surface area contributed by atoms with Gasteiger partial charge in [-0.1, -0.05) is 30.1 Å². The number of halogens is 2. The summed E-state index contributed by atoms with van der Waals surface area (Å²) < 4.78 is 5.11. The summed E-state index contributed by atoms with van der Waals surface area (Å²) in [5.74, 6) is 0.259. The van der Waals surface area contributed by atoms with E-state index < -0.39 is 0 Å². The molecule has 1 N–H and O–H groups in total. The summed E-state index contributed by atoms with van der Waals surface area (Å²) in [5, 5.41) is 3.58. The molecule has 144 valence electrons. The molecule has 1 atom stereocenters. The van der Waals surface area contributed by atoms with Gasteiger partial charge in [-0.15, -0.1) is 0 Å². The third-order valence-electron chi connectivity index (χ3n) is 4.50. The van der Waals surface area contributed by atoms with Crippen molar-refractivity contribution in [2.75, 3.05) is 39.8 Å². The van der Waals surface area contributed by atoms with Gasteiger partial charge in [0.1, 0.15) is 0 Å². The number of benzene rings is 1. The first-order chi connectivity index (χ1) is 12.3. The second-order valence-electron chi connectivity index (χ2n) is 6.42. The molecule has 0 spiro atoms. The fraction of sp³-hybridized carbons (Fsp3) is 0.556. The average Bonchev–Trinajstić information content (AvgIpc) is 2.61. The molecule has 1 fully saturated rings. The largest absolute Gasteiger partial charge is 0.494 e. The minimum atomic E-state index is -0.125. The Morgan fingerprint density at radius 2 is 1.77 bits per heavy atom. The summed E-state index contributed by atoms with van der Waals surface area (Å²) in [5.41, 5.74) is 0.434. The Morgan fingerprint density at radius 3 is 2.27 bits per heavy atom. The first-order valence-electron chi connectivity index (χ1n) is 8.69. The number of rotatable bonds is 6. The normalized spacial score (nSPS) is 16.3. The van der Waals surface area contributed by atoms with Crippen LogP contribution >= 0.6 is 23.2 Å². The number of carbonyl (C=O) groups excluding carboxylic acids is 2. The summed E-state index contributed by atoms with van der Waals surface area (Å²) in [6.07, 6.45) is 0.904. The van der Waals surface area contributed by atoms with Crippen LogP contribution in [0.1, 0.15) is 30.6 Å². The second kappa shape index (κ2) is 9.44. The minimum Gasteiger partial charge on any atom is -0.494 e. The number of nitrogens with one attached hydrogen (secondary N) is 1. The van der Waals surface area contributed by atoms with E-state index in [1.807, 2.05) is 13.8 Å². The van der Waals surface area contributed by atoms with Gasteiger partial charge in [0.15, 0.2) is 5.75 Å². The Hall–Kier alpha value is -1.50. The number of ether oxygens (including phenoxy) is 1. The van der Waals surface area contributed by atoms with E-state index in [1.165, 1.54) is 7.11 Å². The van der Waals surface area contributed by atoms with Gasteiger partial charge in [-0.3, -0.25) is 14.5 Å². The van der Waals surface area contributed by atoms with Gasteiger partial charge in [-0.05, 0) is 25.5 Å². The van der Waals surface area contributed by atoms with Gasteiger partial charge < -0.3 is 15.0 Å². The van der Waals surface area contributed by atoms with Crippen LogP contribution in [0.25, 0.3) is 0 Å². The summed E-state index contributed by atoms with van der Waals surface area (Å²) >= 11 is 12.2. The van der Waals surface area contributed by atoms with Crippen LogP contribution in [0.5, 0.6) is 5.75 Å². The predicted molar refractivity (Wildman–Crippen MR) is 103 cm³/mol. The fourth-order valence-electron chi connectivity index (χ4n) is 2.80. The van der Waals surface area contributed by atoms with Crippen LogP contribution in [-0.2, 0) is 4.79 Å². The van der Waals surface area contributed by atoms with Crippen molar-refractivity contribution in [3.8, 4) is 5.75 Å². The van der Waals surface area contributed by atoms with Crippen LogP contribution < -0.4 is 10.1 Å². The zero-order chi connectivity index (χ0) is 19.3. The third kappa shape index (κ3) is 5.25. The Bertz CT molecular complexity index is 638.